The molecule has 1 aromatic rings. The summed E-state index contributed by atoms with van der Waals surface area (Å²) < 4.78 is 14.4. The molecule has 96 valence electrons. The standard InChI is InChI=1S/C14H21BrFN/c1-10(2)14(3,4)9-17-8-11-7-12(15)5-6-13(11)16/h5-7,10,17H,8-9H2,1-4H3. The number of nitrogens with one attached hydrogen (secondary N) is 1. The third-order valence-corrected chi connectivity index (χ3v) is 3.96. The van der Waals surface area contributed by atoms with E-state index >= 15 is 0 Å². The number of halogens is 2. The third-order valence-electron chi connectivity index (χ3n) is 3.47. The van der Waals surface area contributed by atoms with E-state index in [1.807, 2.05) is 6.07 Å². The molecule has 0 aromatic heterocycles. The van der Waals surface area contributed by atoms with Gasteiger partial charge in [0, 0.05) is 23.1 Å². The van der Waals surface area contributed by atoms with Crippen LogP contribution in [0.1, 0.15) is 33.3 Å². The van der Waals surface area contributed by atoms with Crippen LogP contribution < -0.4 is 5.32 Å². The molecule has 0 atom stereocenters. The van der Waals surface area contributed by atoms with Gasteiger partial charge in [-0.25, -0.2) is 4.39 Å². The molecule has 1 N–H and O–H groups in total. The van der Waals surface area contributed by atoms with Crippen molar-refractivity contribution in [2.24, 2.45) is 11.3 Å². The SMILES string of the molecule is CC(C)C(C)(C)CNCc1cc(Br)ccc1F. The highest BCUT2D eigenvalue weighted by Gasteiger charge is 2.21. The van der Waals surface area contributed by atoms with Gasteiger partial charge in [0.25, 0.3) is 0 Å². The van der Waals surface area contributed by atoms with Gasteiger partial charge in [0.2, 0.25) is 0 Å². The van der Waals surface area contributed by atoms with Crippen molar-refractivity contribution in [2.75, 3.05) is 6.54 Å². The minimum atomic E-state index is -0.150. The Hall–Kier alpha value is -0.410. The van der Waals surface area contributed by atoms with E-state index in [2.05, 4.69) is 48.9 Å². The van der Waals surface area contributed by atoms with Crippen LogP contribution >= 0.6 is 15.9 Å². The molecule has 0 radical (unpaired) electrons. The fourth-order valence-corrected chi connectivity index (χ4v) is 1.81. The minimum Gasteiger partial charge on any atom is -0.312 e. The Morgan fingerprint density at radius 2 is 2.00 bits per heavy atom. The second kappa shape index (κ2) is 5.96. The first-order valence-corrected chi connectivity index (χ1v) is 6.77. The van der Waals surface area contributed by atoms with Crippen molar-refractivity contribution in [2.45, 2.75) is 34.2 Å². The minimum absolute atomic E-state index is 0.150. The summed E-state index contributed by atoms with van der Waals surface area (Å²) in [5, 5.41) is 3.33. The largest absolute Gasteiger partial charge is 0.312 e. The van der Waals surface area contributed by atoms with Crippen molar-refractivity contribution >= 4 is 15.9 Å². The molecule has 0 amide bonds. The molecule has 17 heavy (non-hydrogen) atoms. The lowest BCUT2D eigenvalue weighted by molar-refractivity contribution is 0.237. The highest BCUT2D eigenvalue weighted by Crippen LogP contribution is 2.25. The van der Waals surface area contributed by atoms with Gasteiger partial charge in [-0.05, 0) is 29.5 Å². The molecule has 0 saturated heterocycles. The van der Waals surface area contributed by atoms with Crippen LogP contribution in [0.3, 0.4) is 0 Å². The van der Waals surface area contributed by atoms with E-state index in [9.17, 15) is 4.39 Å². The van der Waals surface area contributed by atoms with Crippen LogP contribution in [0.5, 0.6) is 0 Å². The van der Waals surface area contributed by atoms with Gasteiger partial charge in [0.1, 0.15) is 5.82 Å². The van der Waals surface area contributed by atoms with Crippen molar-refractivity contribution in [3.8, 4) is 0 Å². The van der Waals surface area contributed by atoms with Gasteiger partial charge >= 0.3 is 0 Å². The summed E-state index contributed by atoms with van der Waals surface area (Å²) in [5.41, 5.74) is 0.932. The number of rotatable bonds is 5. The van der Waals surface area contributed by atoms with Crippen LogP contribution in [-0.2, 0) is 6.54 Å². The molecule has 0 unspecified atom stereocenters. The molecule has 0 heterocycles. The maximum absolute atomic E-state index is 13.5. The Balaban J connectivity index is 2.54. The predicted octanol–water partition coefficient (Wildman–Crippen LogP) is 4.36. The van der Waals surface area contributed by atoms with Crippen molar-refractivity contribution in [3.05, 3.63) is 34.1 Å². The summed E-state index contributed by atoms with van der Waals surface area (Å²) in [5.74, 6) is 0.449. The van der Waals surface area contributed by atoms with Crippen molar-refractivity contribution in [1.29, 1.82) is 0 Å². The highest BCUT2D eigenvalue weighted by molar-refractivity contribution is 9.10. The zero-order valence-corrected chi connectivity index (χ0v) is 12.6. The van der Waals surface area contributed by atoms with E-state index in [0.29, 0.717) is 18.0 Å². The molecular formula is C14H21BrFN. The Morgan fingerprint density at radius 1 is 1.35 bits per heavy atom. The van der Waals surface area contributed by atoms with Gasteiger partial charge in [-0.3, -0.25) is 0 Å². The van der Waals surface area contributed by atoms with Crippen LogP contribution in [0.2, 0.25) is 0 Å². The zero-order chi connectivity index (χ0) is 13.1. The summed E-state index contributed by atoms with van der Waals surface area (Å²) >= 11 is 3.36. The van der Waals surface area contributed by atoms with Gasteiger partial charge < -0.3 is 5.32 Å². The molecule has 0 spiro atoms. The van der Waals surface area contributed by atoms with E-state index < -0.39 is 0 Å². The summed E-state index contributed by atoms with van der Waals surface area (Å²) in [6.07, 6.45) is 0. The fourth-order valence-electron chi connectivity index (χ4n) is 1.40. The van der Waals surface area contributed by atoms with Crippen molar-refractivity contribution in [1.82, 2.24) is 5.32 Å². The van der Waals surface area contributed by atoms with E-state index in [1.54, 1.807) is 6.07 Å². The quantitative estimate of drug-likeness (QED) is 0.852. The average molecular weight is 302 g/mol. The first-order chi connectivity index (χ1) is 7.83. The van der Waals surface area contributed by atoms with Crippen LogP contribution in [-0.4, -0.2) is 6.54 Å². The number of hydrogen-bond donors (Lipinski definition) is 1. The Bertz CT molecular complexity index is 374. The zero-order valence-electron chi connectivity index (χ0n) is 11.0. The molecular weight excluding hydrogens is 281 g/mol. The van der Waals surface area contributed by atoms with Crippen LogP contribution in [0.15, 0.2) is 22.7 Å². The molecule has 0 aliphatic carbocycles. The Labute approximate surface area is 112 Å². The van der Waals surface area contributed by atoms with E-state index in [4.69, 9.17) is 0 Å². The molecule has 1 rings (SSSR count). The molecule has 0 aliphatic rings. The first kappa shape index (κ1) is 14.7. The van der Waals surface area contributed by atoms with Crippen molar-refractivity contribution in [3.63, 3.8) is 0 Å². The first-order valence-electron chi connectivity index (χ1n) is 5.97. The van der Waals surface area contributed by atoms with Gasteiger partial charge in [-0.2, -0.15) is 0 Å². The van der Waals surface area contributed by atoms with Gasteiger partial charge in [0.15, 0.2) is 0 Å². The molecule has 0 fully saturated rings. The maximum atomic E-state index is 13.5. The monoisotopic (exact) mass is 301 g/mol. The molecule has 0 aliphatic heterocycles. The maximum Gasteiger partial charge on any atom is 0.127 e. The number of benzene rings is 1. The summed E-state index contributed by atoms with van der Waals surface area (Å²) in [7, 11) is 0. The molecule has 1 nitrogen and oxygen atoms in total. The van der Waals surface area contributed by atoms with Gasteiger partial charge in [-0.15, -0.1) is 0 Å². The summed E-state index contributed by atoms with van der Waals surface area (Å²) in [6, 6.07) is 5.04. The van der Waals surface area contributed by atoms with Crippen molar-refractivity contribution < 1.29 is 4.39 Å². The fraction of sp³-hybridized carbons (Fsp3) is 0.571. The smallest absolute Gasteiger partial charge is 0.127 e. The summed E-state index contributed by atoms with van der Waals surface area (Å²) in [6.45, 7) is 10.3. The van der Waals surface area contributed by atoms with Crippen LogP contribution in [0.4, 0.5) is 4.39 Å². The molecule has 0 bridgehead atoms. The Morgan fingerprint density at radius 3 is 2.59 bits per heavy atom. The van der Waals surface area contributed by atoms with E-state index in [0.717, 1.165) is 11.0 Å². The van der Waals surface area contributed by atoms with Crippen LogP contribution in [0, 0.1) is 17.2 Å². The van der Waals surface area contributed by atoms with Gasteiger partial charge in [-0.1, -0.05) is 43.6 Å². The van der Waals surface area contributed by atoms with E-state index in [-0.39, 0.29) is 11.2 Å². The average Bonchev–Trinajstić information content (AvgIpc) is 2.22. The van der Waals surface area contributed by atoms with E-state index in [1.165, 1.54) is 6.07 Å². The molecule has 0 saturated carbocycles. The highest BCUT2D eigenvalue weighted by atomic mass is 79.9. The summed E-state index contributed by atoms with van der Waals surface area (Å²) in [4.78, 5) is 0. The lowest BCUT2D eigenvalue weighted by atomic mass is 9.81. The molecule has 3 heteroatoms. The second-order valence-electron chi connectivity index (χ2n) is 5.48. The normalized spacial score (nSPS) is 12.2. The number of hydrogen-bond acceptors (Lipinski definition) is 1. The lowest BCUT2D eigenvalue weighted by Gasteiger charge is -2.29. The Kier molecular flexibility index (Phi) is 5.14. The molecule has 1 aromatic carbocycles. The van der Waals surface area contributed by atoms with Gasteiger partial charge in [0.05, 0.1) is 0 Å². The van der Waals surface area contributed by atoms with Crippen LogP contribution in [0.25, 0.3) is 0 Å². The second-order valence-corrected chi connectivity index (χ2v) is 6.40. The lowest BCUT2D eigenvalue weighted by Crippen LogP contribution is -2.33. The topological polar surface area (TPSA) is 12.0 Å². The predicted molar refractivity (Wildman–Crippen MR) is 74.4 cm³/mol. The third kappa shape index (κ3) is 4.40.